The maximum Gasteiger partial charge on any atom is 0.279 e. The fourth-order valence-electron chi connectivity index (χ4n) is 2.71. The first kappa shape index (κ1) is 17.4. The molecule has 1 aromatic heterocycles. The first-order valence-corrected chi connectivity index (χ1v) is 9.28. The molecule has 2 heterocycles. The molecule has 0 amide bonds. The van der Waals surface area contributed by atoms with Gasteiger partial charge >= 0.3 is 0 Å². The normalized spacial score (nSPS) is 17.9. The van der Waals surface area contributed by atoms with Gasteiger partial charge in [0.2, 0.25) is 0 Å². The van der Waals surface area contributed by atoms with Crippen LogP contribution >= 0.6 is 0 Å². The van der Waals surface area contributed by atoms with Crippen molar-refractivity contribution in [2.24, 2.45) is 0 Å². The maximum absolute atomic E-state index is 12.2. The summed E-state index contributed by atoms with van der Waals surface area (Å²) < 4.78 is 36.0. The minimum Gasteiger partial charge on any atom is -0.381 e. The van der Waals surface area contributed by atoms with Gasteiger partial charge in [0.15, 0.2) is 0 Å². The fraction of sp³-hybridized carbons (Fsp3) is 0.786. The van der Waals surface area contributed by atoms with Crippen LogP contribution < -0.4 is 4.72 Å². The van der Waals surface area contributed by atoms with Crippen LogP contribution in [0.2, 0.25) is 0 Å². The average Bonchev–Trinajstić information content (AvgIpc) is 2.99. The minimum atomic E-state index is -3.37. The molecule has 22 heavy (non-hydrogen) atoms. The summed E-state index contributed by atoms with van der Waals surface area (Å²) in [7, 11) is -1.69. The van der Waals surface area contributed by atoms with Crippen LogP contribution in [-0.2, 0) is 27.9 Å². The Balaban J connectivity index is 1.74. The number of aromatic nitrogens is 2. The Morgan fingerprint density at radius 1 is 1.41 bits per heavy atom. The highest BCUT2D eigenvalue weighted by Gasteiger charge is 2.27. The first-order valence-electron chi connectivity index (χ1n) is 7.84. The van der Waals surface area contributed by atoms with Crippen molar-refractivity contribution in [3.05, 3.63) is 18.2 Å². The van der Waals surface area contributed by atoms with Crippen molar-refractivity contribution in [2.75, 3.05) is 26.7 Å². The van der Waals surface area contributed by atoms with Gasteiger partial charge in [-0.1, -0.05) is 6.92 Å². The third-order valence-corrected chi connectivity index (χ3v) is 5.67. The van der Waals surface area contributed by atoms with E-state index in [1.54, 1.807) is 13.3 Å². The van der Waals surface area contributed by atoms with E-state index in [9.17, 15) is 8.42 Å². The molecule has 0 saturated carbocycles. The summed E-state index contributed by atoms with van der Waals surface area (Å²) in [6.45, 7) is 4.32. The van der Waals surface area contributed by atoms with Gasteiger partial charge in [-0.15, -0.1) is 0 Å². The SMILES string of the molecule is CCc1nccn1CCCNS(=O)(=O)N1CCC(OC)CC1. The number of imidazole rings is 1. The fourth-order valence-corrected chi connectivity index (χ4v) is 3.98. The zero-order valence-corrected chi connectivity index (χ0v) is 14.2. The second-order valence-electron chi connectivity index (χ2n) is 5.48. The molecule has 1 saturated heterocycles. The highest BCUT2D eigenvalue weighted by atomic mass is 32.2. The van der Waals surface area contributed by atoms with Crippen molar-refractivity contribution in [3.63, 3.8) is 0 Å². The van der Waals surface area contributed by atoms with Crippen LogP contribution in [-0.4, -0.2) is 55.1 Å². The molecule has 0 radical (unpaired) electrons. The van der Waals surface area contributed by atoms with Crippen LogP contribution in [0.1, 0.15) is 32.0 Å². The van der Waals surface area contributed by atoms with Gasteiger partial charge in [-0.2, -0.15) is 12.7 Å². The monoisotopic (exact) mass is 330 g/mol. The third kappa shape index (κ3) is 4.52. The molecule has 0 bridgehead atoms. The summed E-state index contributed by atoms with van der Waals surface area (Å²) in [5, 5.41) is 0. The molecule has 0 aliphatic carbocycles. The second-order valence-corrected chi connectivity index (χ2v) is 7.23. The Labute approximate surface area is 132 Å². The van der Waals surface area contributed by atoms with Gasteiger partial charge in [-0.05, 0) is 19.3 Å². The molecule has 0 aromatic carbocycles. The molecule has 126 valence electrons. The largest absolute Gasteiger partial charge is 0.381 e. The quantitative estimate of drug-likeness (QED) is 0.715. The molecule has 1 N–H and O–H groups in total. The molecule has 1 aliphatic rings. The average molecular weight is 330 g/mol. The molecular weight excluding hydrogens is 304 g/mol. The smallest absolute Gasteiger partial charge is 0.279 e. The van der Waals surface area contributed by atoms with E-state index in [2.05, 4.69) is 21.2 Å². The van der Waals surface area contributed by atoms with E-state index >= 15 is 0 Å². The van der Waals surface area contributed by atoms with E-state index in [0.717, 1.165) is 38.1 Å². The van der Waals surface area contributed by atoms with Crippen molar-refractivity contribution in [1.29, 1.82) is 0 Å². The predicted octanol–water partition coefficient (Wildman–Crippen LogP) is 0.781. The van der Waals surface area contributed by atoms with E-state index in [0.29, 0.717) is 19.6 Å². The number of ether oxygens (including phenoxy) is 1. The first-order chi connectivity index (χ1) is 10.6. The lowest BCUT2D eigenvalue weighted by molar-refractivity contribution is 0.0602. The number of nitrogens with zero attached hydrogens (tertiary/aromatic N) is 3. The predicted molar refractivity (Wildman–Crippen MR) is 84.7 cm³/mol. The molecule has 8 heteroatoms. The third-order valence-electron chi connectivity index (χ3n) is 4.05. The van der Waals surface area contributed by atoms with Crippen molar-refractivity contribution in [2.45, 2.75) is 45.3 Å². The molecule has 0 atom stereocenters. The Hall–Kier alpha value is -0.960. The number of rotatable bonds is 8. The van der Waals surface area contributed by atoms with Crippen LogP contribution in [0.5, 0.6) is 0 Å². The highest BCUT2D eigenvalue weighted by molar-refractivity contribution is 7.87. The summed E-state index contributed by atoms with van der Waals surface area (Å²) in [5.74, 6) is 1.03. The van der Waals surface area contributed by atoms with E-state index < -0.39 is 10.2 Å². The van der Waals surface area contributed by atoms with E-state index in [1.165, 1.54) is 4.31 Å². The Morgan fingerprint density at radius 3 is 2.77 bits per heavy atom. The summed E-state index contributed by atoms with van der Waals surface area (Å²) in [6.07, 6.45) is 7.04. The van der Waals surface area contributed by atoms with Crippen LogP contribution in [0.4, 0.5) is 0 Å². The molecule has 1 aliphatic heterocycles. The number of hydrogen-bond donors (Lipinski definition) is 1. The van der Waals surface area contributed by atoms with Gasteiger partial charge in [0, 0.05) is 52.1 Å². The lowest BCUT2D eigenvalue weighted by Gasteiger charge is -2.30. The summed E-state index contributed by atoms with van der Waals surface area (Å²) in [5.41, 5.74) is 0. The number of nitrogens with one attached hydrogen (secondary N) is 1. The van der Waals surface area contributed by atoms with Gasteiger partial charge in [-0.3, -0.25) is 0 Å². The van der Waals surface area contributed by atoms with Gasteiger partial charge in [-0.25, -0.2) is 9.71 Å². The minimum absolute atomic E-state index is 0.181. The van der Waals surface area contributed by atoms with Crippen molar-refractivity contribution < 1.29 is 13.2 Å². The van der Waals surface area contributed by atoms with Gasteiger partial charge < -0.3 is 9.30 Å². The zero-order chi connectivity index (χ0) is 16.0. The Morgan fingerprint density at radius 2 is 2.14 bits per heavy atom. The number of methoxy groups -OCH3 is 1. The number of hydrogen-bond acceptors (Lipinski definition) is 4. The van der Waals surface area contributed by atoms with Gasteiger partial charge in [0.05, 0.1) is 6.10 Å². The molecule has 2 rings (SSSR count). The zero-order valence-electron chi connectivity index (χ0n) is 13.4. The lowest BCUT2D eigenvalue weighted by Crippen LogP contribution is -2.46. The molecule has 7 nitrogen and oxygen atoms in total. The van der Waals surface area contributed by atoms with E-state index in [-0.39, 0.29) is 6.10 Å². The number of piperidine rings is 1. The van der Waals surface area contributed by atoms with Gasteiger partial charge in [0.25, 0.3) is 10.2 Å². The summed E-state index contributed by atoms with van der Waals surface area (Å²) >= 11 is 0. The summed E-state index contributed by atoms with van der Waals surface area (Å²) in [4.78, 5) is 4.25. The van der Waals surface area contributed by atoms with Crippen molar-refractivity contribution in [1.82, 2.24) is 18.6 Å². The Bertz CT molecular complexity index is 550. The number of aryl methyl sites for hydroxylation is 2. The highest BCUT2D eigenvalue weighted by Crippen LogP contribution is 2.15. The lowest BCUT2D eigenvalue weighted by atomic mass is 10.1. The standard InChI is InChI=1S/C14H26N4O3S/c1-3-14-15-8-12-17(14)9-4-7-16-22(19,20)18-10-5-13(21-2)6-11-18/h8,12-13,16H,3-7,9-11H2,1-2H3. The topological polar surface area (TPSA) is 76.5 Å². The molecular formula is C14H26N4O3S. The van der Waals surface area contributed by atoms with Crippen molar-refractivity contribution >= 4 is 10.2 Å². The Kier molecular flexibility index (Phi) is 6.37. The second kappa shape index (κ2) is 8.05. The van der Waals surface area contributed by atoms with Crippen LogP contribution in [0.15, 0.2) is 12.4 Å². The van der Waals surface area contributed by atoms with Gasteiger partial charge in [0.1, 0.15) is 5.82 Å². The molecule has 1 aromatic rings. The van der Waals surface area contributed by atoms with Crippen LogP contribution in [0.3, 0.4) is 0 Å². The summed E-state index contributed by atoms with van der Waals surface area (Å²) in [6, 6.07) is 0. The molecule has 0 unspecified atom stereocenters. The van der Waals surface area contributed by atoms with E-state index in [4.69, 9.17) is 4.74 Å². The molecule has 0 spiro atoms. The van der Waals surface area contributed by atoms with Crippen LogP contribution in [0.25, 0.3) is 0 Å². The van der Waals surface area contributed by atoms with E-state index in [1.807, 2.05) is 6.20 Å². The van der Waals surface area contributed by atoms with Crippen molar-refractivity contribution in [3.8, 4) is 0 Å². The molecule has 1 fully saturated rings. The van der Waals surface area contributed by atoms with Crippen LogP contribution in [0, 0.1) is 0 Å². The maximum atomic E-state index is 12.2.